The number of halogens is 1. The minimum atomic E-state index is -0.322. The standard InChI is InChI=1S/C23H21ClN4O4/c1-13-9-18-19(27-28(26-18)16-7-5-15(24)6-8-16)12-17(13)25-23(29)14-10-20(30-2)22(32-4)21(11-14)31-3/h5-12H,1-4H3,(H,25,29). The van der Waals surface area contributed by atoms with Crippen molar-refractivity contribution in [2.45, 2.75) is 6.92 Å². The Balaban J connectivity index is 1.66. The van der Waals surface area contributed by atoms with Crippen molar-refractivity contribution in [3.63, 3.8) is 0 Å². The average molecular weight is 453 g/mol. The van der Waals surface area contributed by atoms with Crippen molar-refractivity contribution < 1.29 is 19.0 Å². The highest BCUT2D eigenvalue weighted by Gasteiger charge is 2.18. The van der Waals surface area contributed by atoms with Crippen molar-refractivity contribution in [2.75, 3.05) is 26.6 Å². The van der Waals surface area contributed by atoms with E-state index in [1.54, 1.807) is 30.3 Å². The minimum Gasteiger partial charge on any atom is -0.493 e. The topological polar surface area (TPSA) is 87.5 Å². The first-order valence-corrected chi connectivity index (χ1v) is 10.1. The fraction of sp³-hybridized carbons (Fsp3) is 0.174. The Morgan fingerprint density at radius 3 is 2.06 bits per heavy atom. The molecule has 0 aliphatic rings. The number of nitrogens with one attached hydrogen (secondary N) is 1. The number of carbonyl (C=O) groups excluding carboxylic acids is 1. The highest BCUT2D eigenvalue weighted by molar-refractivity contribution is 6.30. The monoisotopic (exact) mass is 452 g/mol. The number of rotatable bonds is 6. The third-order valence-electron chi connectivity index (χ3n) is 4.96. The summed E-state index contributed by atoms with van der Waals surface area (Å²) < 4.78 is 16.0. The normalized spacial score (nSPS) is 10.8. The molecule has 0 aliphatic heterocycles. The van der Waals surface area contributed by atoms with Crippen molar-refractivity contribution in [3.05, 3.63) is 64.7 Å². The number of aromatic nitrogens is 3. The molecule has 4 rings (SSSR count). The van der Waals surface area contributed by atoms with Gasteiger partial charge in [-0.3, -0.25) is 4.79 Å². The Bertz CT molecular complexity index is 1280. The van der Waals surface area contributed by atoms with Crippen LogP contribution in [0.2, 0.25) is 5.02 Å². The molecule has 1 heterocycles. The van der Waals surface area contributed by atoms with E-state index in [1.165, 1.54) is 26.1 Å². The van der Waals surface area contributed by atoms with Gasteiger partial charge >= 0.3 is 0 Å². The number of hydrogen-bond acceptors (Lipinski definition) is 6. The lowest BCUT2D eigenvalue weighted by atomic mass is 10.1. The Morgan fingerprint density at radius 2 is 1.50 bits per heavy atom. The van der Waals surface area contributed by atoms with E-state index in [-0.39, 0.29) is 5.91 Å². The van der Waals surface area contributed by atoms with Gasteiger partial charge in [0.05, 0.1) is 27.0 Å². The van der Waals surface area contributed by atoms with E-state index in [0.29, 0.717) is 44.6 Å². The molecule has 1 amide bonds. The number of benzene rings is 3. The summed E-state index contributed by atoms with van der Waals surface area (Å²) in [7, 11) is 4.51. The maximum atomic E-state index is 13.0. The van der Waals surface area contributed by atoms with E-state index in [1.807, 2.05) is 25.1 Å². The van der Waals surface area contributed by atoms with Gasteiger partial charge in [0.15, 0.2) is 11.5 Å². The molecule has 32 heavy (non-hydrogen) atoms. The Kier molecular flexibility index (Phi) is 5.87. The summed E-state index contributed by atoms with van der Waals surface area (Å²) in [5.74, 6) is 0.893. The second-order valence-corrected chi connectivity index (χ2v) is 7.43. The summed E-state index contributed by atoms with van der Waals surface area (Å²) in [6.07, 6.45) is 0. The van der Waals surface area contributed by atoms with E-state index in [0.717, 1.165) is 11.3 Å². The van der Waals surface area contributed by atoms with Gasteiger partial charge < -0.3 is 19.5 Å². The molecule has 0 saturated carbocycles. The lowest BCUT2D eigenvalue weighted by molar-refractivity contribution is 0.102. The molecule has 0 spiro atoms. The van der Waals surface area contributed by atoms with E-state index in [2.05, 4.69) is 15.5 Å². The predicted molar refractivity (Wildman–Crippen MR) is 123 cm³/mol. The summed E-state index contributed by atoms with van der Waals surface area (Å²) in [6.45, 7) is 1.89. The van der Waals surface area contributed by atoms with E-state index in [4.69, 9.17) is 25.8 Å². The Labute approximate surface area is 189 Å². The highest BCUT2D eigenvalue weighted by Crippen LogP contribution is 2.38. The lowest BCUT2D eigenvalue weighted by Crippen LogP contribution is -2.13. The molecule has 0 atom stereocenters. The summed E-state index contributed by atoms with van der Waals surface area (Å²) in [6, 6.07) is 14.1. The second-order valence-electron chi connectivity index (χ2n) is 6.99. The van der Waals surface area contributed by atoms with Gasteiger partial charge in [0, 0.05) is 16.3 Å². The van der Waals surface area contributed by atoms with Crippen molar-refractivity contribution in [3.8, 4) is 22.9 Å². The average Bonchev–Trinajstić information content (AvgIpc) is 3.21. The molecule has 164 valence electrons. The van der Waals surface area contributed by atoms with Crippen molar-refractivity contribution in [2.24, 2.45) is 0 Å². The van der Waals surface area contributed by atoms with Crippen LogP contribution in [0.5, 0.6) is 17.2 Å². The molecule has 8 nitrogen and oxygen atoms in total. The lowest BCUT2D eigenvalue weighted by Gasteiger charge is -2.14. The summed E-state index contributed by atoms with van der Waals surface area (Å²) >= 11 is 5.96. The number of ether oxygens (including phenoxy) is 3. The van der Waals surface area contributed by atoms with Gasteiger partial charge in [-0.05, 0) is 61.0 Å². The van der Waals surface area contributed by atoms with Crippen LogP contribution in [0.25, 0.3) is 16.7 Å². The third kappa shape index (κ3) is 4.04. The van der Waals surface area contributed by atoms with Crippen molar-refractivity contribution in [1.29, 1.82) is 0 Å². The fourth-order valence-electron chi connectivity index (χ4n) is 3.30. The molecule has 0 radical (unpaired) electrons. The zero-order valence-corrected chi connectivity index (χ0v) is 18.7. The van der Waals surface area contributed by atoms with Gasteiger partial charge in [-0.1, -0.05) is 11.6 Å². The predicted octanol–water partition coefficient (Wildman–Crippen LogP) is 4.66. The molecule has 4 aromatic rings. The molecule has 1 N–H and O–H groups in total. The highest BCUT2D eigenvalue weighted by atomic mass is 35.5. The van der Waals surface area contributed by atoms with Gasteiger partial charge in [-0.2, -0.15) is 4.80 Å². The summed E-state index contributed by atoms with van der Waals surface area (Å²) in [4.78, 5) is 14.5. The van der Waals surface area contributed by atoms with Crippen LogP contribution in [0, 0.1) is 6.92 Å². The van der Waals surface area contributed by atoms with E-state index in [9.17, 15) is 4.79 Å². The maximum Gasteiger partial charge on any atom is 0.255 e. The van der Waals surface area contributed by atoms with Crippen LogP contribution in [0.1, 0.15) is 15.9 Å². The summed E-state index contributed by atoms with van der Waals surface area (Å²) in [5, 5.41) is 12.6. The molecular weight excluding hydrogens is 432 g/mol. The molecule has 9 heteroatoms. The molecule has 0 fully saturated rings. The maximum absolute atomic E-state index is 13.0. The first kappa shape index (κ1) is 21.5. The van der Waals surface area contributed by atoms with Crippen molar-refractivity contribution in [1.82, 2.24) is 15.0 Å². The second kappa shape index (κ2) is 8.76. The smallest absolute Gasteiger partial charge is 0.255 e. The largest absolute Gasteiger partial charge is 0.493 e. The van der Waals surface area contributed by atoms with Crippen LogP contribution in [-0.4, -0.2) is 42.2 Å². The van der Waals surface area contributed by atoms with Crippen molar-refractivity contribution >= 4 is 34.2 Å². The van der Waals surface area contributed by atoms with Gasteiger partial charge in [-0.25, -0.2) is 0 Å². The molecule has 0 bridgehead atoms. The van der Waals surface area contributed by atoms with Crippen LogP contribution in [0.15, 0.2) is 48.5 Å². The molecular formula is C23H21ClN4O4. The number of hydrogen-bond donors (Lipinski definition) is 1. The van der Waals surface area contributed by atoms with Gasteiger partial charge in [0.1, 0.15) is 11.0 Å². The number of aryl methyl sites for hydroxylation is 1. The number of fused-ring (bicyclic) bond motifs is 1. The molecule has 0 aliphatic carbocycles. The zero-order chi connectivity index (χ0) is 22.8. The zero-order valence-electron chi connectivity index (χ0n) is 18.0. The van der Waals surface area contributed by atoms with Gasteiger partial charge in [0.2, 0.25) is 5.75 Å². The Hall–Kier alpha value is -3.78. The van der Waals surface area contributed by atoms with Crippen LogP contribution >= 0.6 is 11.6 Å². The number of methoxy groups -OCH3 is 3. The van der Waals surface area contributed by atoms with E-state index < -0.39 is 0 Å². The Morgan fingerprint density at radius 1 is 0.906 bits per heavy atom. The number of carbonyl (C=O) groups is 1. The number of amides is 1. The first-order valence-electron chi connectivity index (χ1n) is 9.68. The molecule has 3 aromatic carbocycles. The fourth-order valence-corrected chi connectivity index (χ4v) is 3.43. The molecule has 0 saturated heterocycles. The van der Waals surface area contributed by atoms with E-state index >= 15 is 0 Å². The van der Waals surface area contributed by atoms with Crippen LogP contribution in [0.4, 0.5) is 5.69 Å². The summed E-state index contributed by atoms with van der Waals surface area (Å²) in [5.41, 5.74) is 3.98. The molecule has 1 aromatic heterocycles. The first-order chi connectivity index (χ1) is 15.4. The number of anilines is 1. The quantitative estimate of drug-likeness (QED) is 0.457. The molecule has 0 unspecified atom stereocenters. The van der Waals surface area contributed by atoms with Gasteiger partial charge in [-0.15, -0.1) is 10.2 Å². The minimum absolute atomic E-state index is 0.322. The van der Waals surface area contributed by atoms with Crippen LogP contribution in [0.3, 0.4) is 0 Å². The van der Waals surface area contributed by atoms with Gasteiger partial charge in [0.25, 0.3) is 5.91 Å². The number of nitrogens with zero attached hydrogens (tertiary/aromatic N) is 3. The SMILES string of the molecule is COc1cc(C(=O)Nc2cc3nn(-c4ccc(Cl)cc4)nc3cc2C)cc(OC)c1OC. The van der Waals surface area contributed by atoms with Crippen LogP contribution in [-0.2, 0) is 0 Å². The third-order valence-corrected chi connectivity index (χ3v) is 5.21. The van der Waals surface area contributed by atoms with Crippen LogP contribution < -0.4 is 19.5 Å².